The number of carbonyl (C=O) groups excluding carboxylic acids is 2. The van der Waals surface area contributed by atoms with E-state index in [1.165, 1.54) is 4.31 Å². The monoisotopic (exact) mass is 467 g/mol. The molecule has 2 N–H and O–H groups in total. The Morgan fingerprint density at radius 3 is 2.38 bits per heavy atom. The van der Waals surface area contributed by atoms with Gasteiger partial charge < -0.3 is 20.1 Å². The number of nitrogens with zero attached hydrogens (tertiary/aromatic N) is 1. The molecule has 1 fully saturated rings. The normalized spacial score (nSPS) is 18.1. The van der Waals surface area contributed by atoms with E-state index in [2.05, 4.69) is 10.6 Å². The van der Waals surface area contributed by atoms with Crippen molar-refractivity contribution in [3.8, 4) is 11.5 Å². The zero-order valence-corrected chi connectivity index (χ0v) is 19.9. The van der Waals surface area contributed by atoms with Gasteiger partial charge in [0.2, 0.25) is 22.7 Å². The molecule has 2 aliphatic heterocycles. The molecule has 10 heteroatoms. The van der Waals surface area contributed by atoms with Gasteiger partial charge in [0.1, 0.15) is 6.04 Å². The third-order valence-electron chi connectivity index (χ3n) is 5.81. The van der Waals surface area contributed by atoms with Crippen LogP contribution in [0.15, 0.2) is 18.2 Å². The van der Waals surface area contributed by atoms with Gasteiger partial charge >= 0.3 is 0 Å². The molecule has 0 unspecified atom stereocenters. The maximum absolute atomic E-state index is 13.0. The molecule has 0 bridgehead atoms. The van der Waals surface area contributed by atoms with Gasteiger partial charge in [-0.25, -0.2) is 12.7 Å². The van der Waals surface area contributed by atoms with E-state index in [1.807, 2.05) is 13.8 Å². The second-order valence-electron chi connectivity index (χ2n) is 8.99. The van der Waals surface area contributed by atoms with Gasteiger partial charge in [0.25, 0.3) is 5.91 Å². The highest BCUT2D eigenvalue weighted by Crippen LogP contribution is 2.32. The zero-order valence-electron chi connectivity index (χ0n) is 19.1. The van der Waals surface area contributed by atoms with Gasteiger partial charge in [-0.05, 0) is 56.7 Å². The lowest BCUT2D eigenvalue weighted by Crippen LogP contribution is -2.54. The predicted octanol–water partition coefficient (Wildman–Crippen LogP) is 1.74. The smallest absolute Gasteiger partial charge is 0.252 e. The summed E-state index contributed by atoms with van der Waals surface area (Å²) in [6.07, 6.45) is 0.986. The van der Waals surface area contributed by atoms with Crippen molar-refractivity contribution in [3.63, 3.8) is 0 Å². The molecule has 178 valence electrons. The Bertz CT molecular complexity index is 939. The van der Waals surface area contributed by atoms with Crippen LogP contribution in [0.5, 0.6) is 11.5 Å². The minimum absolute atomic E-state index is 0.110. The highest BCUT2D eigenvalue weighted by molar-refractivity contribution is 7.89. The summed E-state index contributed by atoms with van der Waals surface area (Å²) in [6, 6.07) is 4.14. The van der Waals surface area contributed by atoms with Gasteiger partial charge in [-0.15, -0.1) is 0 Å². The lowest BCUT2D eigenvalue weighted by molar-refractivity contribution is -0.124. The van der Waals surface area contributed by atoms with E-state index < -0.39 is 21.3 Å². The molecule has 1 aromatic carbocycles. The molecule has 1 atom stereocenters. The third kappa shape index (κ3) is 5.53. The van der Waals surface area contributed by atoms with Gasteiger partial charge in [0.05, 0.1) is 5.25 Å². The number of hydrogen-bond donors (Lipinski definition) is 2. The first-order valence-corrected chi connectivity index (χ1v) is 12.6. The first kappa shape index (κ1) is 24.3. The average Bonchev–Trinajstić information content (AvgIpc) is 3.23. The van der Waals surface area contributed by atoms with Gasteiger partial charge in [0, 0.05) is 25.2 Å². The summed E-state index contributed by atoms with van der Waals surface area (Å²) in [6.45, 7) is 8.59. The number of fused-ring (bicyclic) bond motifs is 1. The minimum Gasteiger partial charge on any atom is -0.454 e. The molecular formula is C22H33N3O6S. The maximum Gasteiger partial charge on any atom is 0.252 e. The quantitative estimate of drug-likeness (QED) is 0.602. The molecule has 0 radical (unpaired) electrons. The average molecular weight is 468 g/mol. The van der Waals surface area contributed by atoms with Gasteiger partial charge in [-0.3, -0.25) is 9.59 Å². The molecule has 2 amide bonds. The summed E-state index contributed by atoms with van der Waals surface area (Å²) in [5, 5.41) is 5.30. The number of nitrogens with one attached hydrogen (secondary N) is 2. The minimum atomic E-state index is -3.34. The molecule has 2 heterocycles. The number of sulfonamides is 1. The van der Waals surface area contributed by atoms with E-state index in [9.17, 15) is 18.0 Å². The maximum atomic E-state index is 13.0. The fourth-order valence-electron chi connectivity index (χ4n) is 3.84. The molecule has 9 nitrogen and oxygen atoms in total. The summed E-state index contributed by atoms with van der Waals surface area (Å²) in [7, 11) is -3.34. The molecule has 0 spiro atoms. The number of rotatable bonds is 8. The Morgan fingerprint density at radius 1 is 1.09 bits per heavy atom. The van der Waals surface area contributed by atoms with E-state index in [1.54, 1.807) is 32.0 Å². The van der Waals surface area contributed by atoms with Crippen molar-refractivity contribution in [2.75, 3.05) is 26.4 Å². The molecule has 3 rings (SSSR count). The van der Waals surface area contributed by atoms with Crippen molar-refractivity contribution in [2.45, 2.75) is 51.8 Å². The standard InChI is InChI=1S/C22H33N3O6S/c1-14(2)12-23-22(27)20(16-7-9-25(10-8-16)32(28,29)15(3)4)24-21(26)17-5-6-18-19(11-17)31-13-30-18/h5-6,11,14-16,20H,7-10,12-13H2,1-4H3,(H,23,27)(H,24,26)/t20-/m0/s1. The number of benzene rings is 1. The van der Waals surface area contributed by atoms with Crippen molar-refractivity contribution in [2.24, 2.45) is 11.8 Å². The first-order chi connectivity index (χ1) is 15.1. The summed E-state index contributed by atoms with van der Waals surface area (Å²) < 4.78 is 37.1. The van der Waals surface area contributed by atoms with Gasteiger partial charge in [0.15, 0.2) is 11.5 Å². The van der Waals surface area contributed by atoms with Crippen LogP contribution in [0.4, 0.5) is 0 Å². The summed E-state index contributed by atoms with van der Waals surface area (Å²) in [4.78, 5) is 25.9. The van der Waals surface area contributed by atoms with Crippen LogP contribution in [-0.4, -0.2) is 62.3 Å². The first-order valence-electron chi connectivity index (χ1n) is 11.1. The zero-order chi connectivity index (χ0) is 23.5. The van der Waals surface area contributed by atoms with E-state index in [0.717, 1.165) is 0 Å². The van der Waals surface area contributed by atoms with Crippen molar-refractivity contribution < 1.29 is 27.5 Å². The Balaban J connectivity index is 1.72. The highest BCUT2D eigenvalue weighted by atomic mass is 32.2. The van der Waals surface area contributed by atoms with Crippen LogP contribution in [0.2, 0.25) is 0 Å². The Hall–Kier alpha value is -2.33. The van der Waals surface area contributed by atoms with E-state index in [0.29, 0.717) is 49.5 Å². The van der Waals surface area contributed by atoms with Crippen molar-refractivity contribution in [1.29, 1.82) is 0 Å². The van der Waals surface area contributed by atoms with E-state index in [4.69, 9.17) is 9.47 Å². The molecule has 32 heavy (non-hydrogen) atoms. The van der Waals surface area contributed by atoms with Crippen LogP contribution < -0.4 is 20.1 Å². The van der Waals surface area contributed by atoms with Crippen LogP contribution >= 0.6 is 0 Å². The second-order valence-corrected chi connectivity index (χ2v) is 11.5. The molecular weight excluding hydrogens is 434 g/mol. The van der Waals surface area contributed by atoms with Crippen LogP contribution in [-0.2, 0) is 14.8 Å². The van der Waals surface area contributed by atoms with Crippen LogP contribution in [0.1, 0.15) is 50.9 Å². The van der Waals surface area contributed by atoms with Crippen LogP contribution in [0, 0.1) is 11.8 Å². The number of hydrogen-bond acceptors (Lipinski definition) is 6. The molecule has 2 aliphatic rings. The lowest BCUT2D eigenvalue weighted by atomic mass is 9.89. The second kappa shape index (κ2) is 10.1. The Labute approximate surface area is 189 Å². The molecule has 0 aromatic heterocycles. The molecule has 0 saturated carbocycles. The van der Waals surface area contributed by atoms with Crippen molar-refractivity contribution in [3.05, 3.63) is 23.8 Å². The number of ether oxygens (including phenoxy) is 2. The van der Waals surface area contributed by atoms with Gasteiger partial charge in [-0.1, -0.05) is 13.8 Å². The topological polar surface area (TPSA) is 114 Å². The Morgan fingerprint density at radius 2 is 1.75 bits per heavy atom. The number of amides is 2. The Kier molecular flexibility index (Phi) is 7.66. The van der Waals surface area contributed by atoms with Crippen LogP contribution in [0.3, 0.4) is 0 Å². The third-order valence-corrected chi connectivity index (χ3v) is 8.09. The fourth-order valence-corrected chi connectivity index (χ4v) is 5.15. The molecule has 1 saturated heterocycles. The summed E-state index contributed by atoms with van der Waals surface area (Å²) in [5.41, 5.74) is 0.371. The van der Waals surface area contributed by atoms with E-state index >= 15 is 0 Å². The highest BCUT2D eigenvalue weighted by Gasteiger charge is 2.36. The summed E-state index contributed by atoms with van der Waals surface area (Å²) in [5.74, 6) is 0.529. The van der Waals surface area contributed by atoms with Gasteiger partial charge in [-0.2, -0.15) is 0 Å². The van der Waals surface area contributed by atoms with Crippen molar-refractivity contribution >= 4 is 21.8 Å². The predicted molar refractivity (Wildman–Crippen MR) is 120 cm³/mol. The largest absolute Gasteiger partial charge is 0.454 e. The lowest BCUT2D eigenvalue weighted by Gasteiger charge is -2.36. The fraction of sp³-hybridized carbons (Fsp3) is 0.636. The van der Waals surface area contributed by atoms with Crippen molar-refractivity contribution in [1.82, 2.24) is 14.9 Å². The summed E-state index contributed by atoms with van der Waals surface area (Å²) >= 11 is 0. The molecule has 1 aromatic rings. The number of piperidine rings is 1. The molecule has 0 aliphatic carbocycles. The number of carbonyl (C=O) groups is 2. The SMILES string of the molecule is CC(C)CNC(=O)[C@@H](NC(=O)c1ccc2c(c1)OCO2)C1CCN(S(=O)(=O)C(C)C)CC1. The van der Waals surface area contributed by atoms with Crippen LogP contribution in [0.25, 0.3) is 0 Å². The van der Waals surface area contributed by atoms with E-state index in [-0.39, 0.29) is 30.4 Å².